The quantitative estimate of drug-likeness (QED) is 0.564. The fourth-order valence-electron chi connectivity index (χ4n) is 8.40. The van der Waals surface area contributed by atoms with Crippen molar-refractivity contribution in [3.8, 4) is 0 Å². The summed E-state index contributed by atoms with van der Waals surface area (Å²) in [5.41, 5.74) is -0.644. The minimum Gasteiger partial charge on any atom is -0.469 e. The molecule has 8 atom stereocenters. The van der Waals surface area contributed by atoms with Gasteiger partial charge in [-0.3, -0.25) is 14.4 Å². The third kappa shape index (κ3) is 3.47. The van der Waals surface area contributed by atoms with Gasteiger partial charge >= 0.3 is 11.9 Å². The first kappa shape index (κ1) is 22.8. The number of Topliss-reactive ketones (excluding diaryl/α,β-unsaturated/α-hetero) is 2. The van der Waals surface area contributed by atoms with Crippen molar-refractivity contribution in [3.63, 3.8) is 0 Å². The van der Waals surface area contributed by atoms with Gasteiger partial charge in [-0.2, -0.15) is 8.78 Å². The Morgan fingerprint density at radius 2 is 1.77 bits per heavy atom. The molecule has 0 aromatic carbocycles. The Hall–Kier alpha value is -1.33. The second-order valence-corrected chi connectivity index (χ2v) is 11.4. The van der Waals surface area contributed by atoms with Gasteiger partial charge in [0.15, 0.2) is 0 Å². The normalized spacial score (nSPS) is 44.8. The predicted octanol–water partition coefficient (Wildman–Crippen LogP) is 5.23. The number of alkyl halides is 2. The van der Waals surface area contributed by atoms with E-state index in [0.717, 1.165) is 32.1 Å². The Morgan fingerprint density at radius 3 is 2.45 bits per heavy atom. The van der Waals surface area contributed by atoms with E-state index in [2.05, 4.69) is 13.8 Å². The average molecular weight is 439 g/mol. The minimum absolute atomic E-state index is 0.00254. The van der Waals surface area contributed by atoms with Crippen molar-refractivity contribution in [2.75, 3.05) is 7.11 Å². The fourth-order valence-corrected chi connectivity index (χ4v) is 8.40. The molecule has 0 radical (unpaired) electrons. The van der Waals surface area contributed by atoms with E-state index in [1.807, 2.05) is 6.92 Å². The van der Waals surface area contributed by atoms with Crippen LogP contribution >= 0.6 is 0 Å². The SMILES string of the molecule is COC(=O)CC[C@@H](C)[C@H]1CCC2C3C(=O)C[C@@H]4CC(=O)C(F)(F)C[C@]4(C)C3CC[C@@]21C. The van der Waals surface area contributed by atoms with Crippen molar-refractivity contribution in [1.29, 1.82) is 0 Å². The topological polar surface area (TPSA) is 60.4 Å². The monoisotopic (exact) mass is 438 g/mol. The number of halogens is 2. The number of methoxy groups -OCH3 is 1. The van der Waals surface area contributed by atoms with Gasteiger partial charge in [0.1, 0.15) is 5.78 Å². The number of hydrogen-bond acceptors (Lipinski definition) is 4. The van der Waals surface area contributed by atoms with E-state index in [-0.39, 0.29) is 53.7 Å². The Morgan fingerprint density at radius 1 is 1.10 bits per heavy atom. The summed E-state index contributed by atoms with van der Waals surface area (Å²) in [6, 6.07) is 0. The molecule has 4 rings (SSSR count). The van der Waals surface area contributed by atoms with E-state index in [1.54, 1.807) is 0 Å². The van der Waals surface area contributed by atoms with Gasteiger partial charge in [-0.05, 0) is 72.5 Å². The van der Waals surface area contributed by atoms with E-state index >= 15 is 0 Å². The number of ether oxygens (including phenoxy) is 1. The lowest BCUT2D eigenvalue weighted by molar-refractivity contribution is -0.186. The zero-order valence-corrected chi connectivity index (χ0v) is 19.2. The maximum Gasteiger partial charge on any atom is 0.305 e. The third-order valence-corrected chi connectivity index (χ3v) is 10.1. The zero-order valence-electron chi connectivity index (χ0n) is 19.2. The molecule has 0 bridgehead atoms. The molecule has 174 valence electrons. The van der Waals surface area contributed by atoms with Crippen molar-refractivity contribution < 1.29 is 27.9 Å². The number of carbonyl (C=O) groups is 3. The van der Waals surface area contributed by atoms with Crippen LogP contribution in [0, 0.1) is 46.3 Å². The molecule has 0 aromatic rings. The van der Waals surface area contributed by atoms with Gasteiger partial charge in [-0.15, -0.1) is 0 Å². The van der Waals surface area contributed by atoms with Crippen molar-refractivity contribution in [2.24, 2.45) is 46.3 Å². The van der Waals surface area contributed by atoms with Gasteiger partial charge in [0.25, 0.3) is 0 Å². The molecule has 0 aromatic heterocycles. The van der Waals surface area contributed by atoms with Gasteiger partial charge in [-0.25, -0.2) is 0 Å². The van der Waals surface area contributed by atoms with Gasteiger partial charge in [0.2, 0.25) is 5.78 Å². The number of hydrogen-bond donors (Lipinski definition) is 0. The minimum atomic E-state index is -3.27. The average Bonchev–Trinajstić information content (AvgIpc) is 3.05. The second kappa shape index (κ2) is 7.62. The summed E-state index contributed by atoms with van der Waals surface area (Å²) in [5, 5.41) is 0. The first-order valence-electron chi connectivity index (χ1n) is 11.9. The second-order valence-electron chi connectivity index (χ2n) is 11.4. The summed E-state index contributed by atoms with van der Waals surface area (Å²) in [7, 11) is 1.41. The Kier molecular flexibility index (Phi) is 5.62. The molecule has 0 aliphatic heterocycles. The molecule has 0 heterocycles. The molecule has 0 saturated heterocycles. The smallest absolute Gasteiger partial charge is 0.305 e. The molecule has 4 aliphatic carbocycles. The molecule has 31 heavy (non-hydrogen) atoms. The lowest BCUT2D eigenvalue weighted by atomic mass is 9.44. The predicted molar refractivity (Wildman–Crippen MR) is 111 cm³/mol. The van der Waals surface area contributed by atoms with Crippen LogP contribution in [0.1, 0.15) is 78.6 Å². The summed E-state index contributed by atoms with van der Waals surface area (Å²) in [6.45, 7) is 6.41. The van der Waals surface area contributed by atoms with Crippen LogP contribution in [0.3, 0.4) is 0 Å². The number of rotatable bonds is 4. The van der Waals surface area contributed by atoms with Crippen molar-refractivity contribution in [1.82, 2.24) is 0 Å². The number of fused-ring (bicyclic) bond motifs is 5. The highest BCUT2D eigenvalue weighted by Crippen LogP contribution is 2.68. The van der Waals surface area contributed by atoms with Gasteiger partial charge in [0.05, 0.1) is 7.11 Å². The molecule has 0 amide bonds. The van der Waals surface area contributed by atoms with Crippen LogP contribution in [0.25, 0.3) is 0 Å². The van der Waals surface area contributed by atoms with Crippen LogP contribution in [0.5, 0.6) is 0 Å². The van der Waals surface area contributed by atoms with E-state index in [0.29, 0.717) is 18.3 Å². The molecule has 6 heteroatoms. The Labute approximate surface area is 183 Å². The van der Waals surface area contributed by atoms with Crippen LogP contribution in [0.2, 0.25) is 0 Å². The molecule has 4 saturated carbocycles. The van der Waals surface area contributed by atoms with Crippen molar-refractivity contribution in [3.05, 3.63) is 0 Å². The van der Waals surface area contributed by atoms with E-state index in [1.165, 1.54) is 7.11 Å². The van der Waals surface area contributed by atoms with Crippen LogP contribution in [0.4, 0.5) is 8.78 Å². The molecule has 4 aliphatic rings. The number of ketones is 2. The lowest BCUT2D eigenvalue weighted by Gasteiger charge is -2.60. The maximum atomic E-state index is 14.5. The summed E-state index contributed by atoms with van der Waals surface area (Å²) in [5.74, 6) is -3.71. The standard InChI is InChI=1S/C25H36F2O4/c1-14(5-8-21(30)31-4)16-6-7-17-22-18(9-10-23(16,17)2)24(3)13-25(26,27)20(29)12-15(24)11-19(22)28/h14-18,22H,5-13H2,1-4H3/t14-,15-,16-,17?,18?,22?,23-,24+/m1/s1. The summed E-state index contributed by atoms with van der Waals surface area (Å²) in [4.78, 5) is 36.9. The Balaban J connectivity index is 1.57. The third-order valence-electron chi connectivity index (χ3n) is 10.1. The molecule has 4 nitrogen and oxygen atoms in total. The molecule has 4 fully saturated rings. The first-order chi connectivity index (χ1) is 14.4. The first-order valence-corrected chi connectivity index (χ1v) is 11.9. The highest BCUT2D eigenvalue weighted by atomic mass is 19.3. The van der Waals surface area contributed by atoms with Crippen molar-refractivity contribution in [2.45, 2.75) is 84.5 Å². The number of carbonyl (C=O) groups excluding carboxylic acids is 3. The summed E-state index contributed by atoms with van der Waals surface area (Å²) < 4.78 is 33.8. The fraction of sp³-hybridized carbons (Fsp3) is 0.880. The zero-order chi connectivity index (χ0) is 22.8. The van der Waals surface area contributed by atoms with Crippen LogP contribution in [0.15, 0.2) is 0 Å². The summed E-state index contributed by atoms with van der Waals surface area (Å²) >= 11 is 0. The largest absolute Gasteiger partial charge is 0.469 e. The highest BCUT2D eigenvalue weighted by Gasteiger charge is 2.66. The molecule has 0 N–H and O–H groups in total. The van der Waals surface area contributed by atoms with E-state index in [9.17, 15) is 23.2 Å². The van der Waals surface area contributed by atoms with Gasteiger partial charge < -0.3 is 4.74 Å². The van der Waals surface area contributed by atoms with E-state index < -0.39 is 23.5 Å². The molecule has 3 unspecified atom stereocenters. The number of esters is 1. The van der Waals surface area contributed by atoms with Crippen LogP contribution in [-0.4, -0.2) is 30.6 Å². The molecule has 0 spiro atoms. The molecular weight excluding hydrogens is 402 g/mol. The summed E-state index contributed by atoms with van der Waals surface area (Å²) in [6.07, 6.45) is 4.57. The Bertz CT molecular complexity index is 779. The van der Waals surface area contributed by atoms with Gasteiger partial charge in [-0.1, -0.05) is 20.8 Å². The highest BCUT2D eigenvalue weighted by molar-refractivity contribution is 5.89. The van der Waals surface area contributed by atoms with Gasteiger partial charge in [0, 0.05) is 31.6 Å². The maximum absolute atomic E-state index is 14.5. The van der Waals surface area contributed by atoms with E-state index in [4.69, 9.17) is 4.74 Å². The van der Waals surface area contributed by atoms with Crippen molar-refractivity contribution >= 4 is 17.5 Å². The van der Waals surface area contributed by atoms with Crippen LogP contribution in [-0.2, 0) is 19.1 Å². The van der Waals surface area contributed by atoms with Crippen LogP contribution < -0.4 is 0 Å². The molecular formula is C25H36F2O4. The lowest BCUT2D eigenvalue weighted by Crippen LogP contribution is -2.60.